The number of Topliss-reactive ketones (excluding diaryl/α,β-unsaturated/α-hetero) is 1. The molecule has 13 heteroatoms. The van der Waals surface area contributed by atoms with Crippen molar-refractivity contribution >= 4 is 45.9 Å². The van der Waals surface area contributed by atoms with Crippen molar-refractivity contribution in [3.63, 3.8) is 0 Å². The molecule has 0 radical (unpaired) electrons. The van der Waals surface area contributed by atoms with Gasteiger partial charge < -0.3 is 25.6 Å². The van der Waals surface area contributed by atoms with Gasteiger partial charge in [0.1, 0.15) is 12.8 Å². The van der Waals surface area contributed by atoms with Crippen molar-refractivity contribution in [3.8, 4) is 0 Å². The number of ether oxygens (including phenoxy) is 2. The van der Waals surface area contributed by atoms with E-state index in [4.69, 9.17) is 15.2 Å². The molecule has 0 spiro atoms. The number of carbonyl (C=O) groups excluding carboxylic acids is 5. The molecule has 0 aliphatic heterocycles. The highest BCUT2D eigenvalue weighted by molar-refractivity contribution is 6.01. The number of nitrogens with two attached hydrogens (primary N) is 1. The minimum absolute atomic E-state index is 0.0338. The molecule has 5 aliphatic carbocycles. The number of aliphatic hydroxyl groups is 1. The van der Waals surface area contributed by atoms with E-state index in [1.54, 1.807) is 19.3 Å². The molecular weight excluding hydrogens is 761 g/mol. The van der Waals surface area contributed by atoms with Crippen LogP contribution in [0, 0.1) is 40.4 Å². The monoisotopic (exact) mass is 809 g/mol. The van der Waals surface area contributed by atoms with E-state index in [0.29, 0.717) is 24.9 Å². The van der Waals surface area contributed by atoms with E-state index in [1.165, 1.54) is 12.2 Å². The number of pyridine rings is 1. The minimum Gasteiger partial charge on any atom is -0.465 e. The summed E-state index contributed by atoms with van der Waals surface area (Å²) in [5.41, 5.74) is 3.76. The molecule has 5 aliphatic rings. The molecule has 2 aromatic carbocycles. The fourth-order valence-electron chi connectivity index (χ4n) is 10.9. The number of esters is 2. The van der Waals surface area contributed by atoms with Gasteiger partial charge in [0.2, 0.25) is 5.91 Å². The molecule has 1 heterocycles. The number of alkyl halides is 2. The van der Waals surface area contributed by atoms with Crippen molar-refractivity contribution in [3.05, 3.63) is 95.9 Å². The summed E-state index contributed by atoms with van der Waals surface area (Å²) in [6.45, 7) is 3.05. The fraction of sp³-hybridized carbons (Fsp3) is 0.478. The molecule has 3 aromatic rings. The number of hydrogen-bond acceptors (Lipinski definition) is 10. The Balaban J connectivity index is 0.794. The zero-order valence-corrected chi connectivity index (χ0v) is 33.1. The summed E-state index contributed by atoms with van der Waals surface area (Å²) in [7, 11) is 0. The molecule has 11 nitrogen and oxygen atoms in total. The quantitative estimate of drug-likeness (QED) is 0.193. The second kappa shape index (κ2) is 15.5. The topological polar surface area (TPSA) is 175 Å². The number of nitrogens with zero attached hydrogens (tertiary/aromatic N) is 1. The zero-order chi connectivity index (χ0) is 41.9. The van der Waals surface area contributed by atoms with Crippen LogP contribution in [0.3, 0.4) is 0 Å². The highest BCUT2D eigenvalue weighted by atomic mass is 19.1. The van der Waals surface area contributed by atoms with Crippen molar-refractivity contribution in [2.24, 2.45) is 46.2 Å². The molecule has 11 atom stereocenters. The summed E-state index contributed by atoms with van der Waals surface area (Å²) in [5, 5.41) is 16.3. The van der Waals surface area contributed by atoms with Crippen LogP contribution in [-0.4, -0.2) is 77.2 Å². The summed E-state index contributed by atoms with van der Waals surface area (Å²) < 4.78 is 43.9. The number of halogens is 2. The van der Waals surface area contributed by atoms with Crippen LogP contribution in [0.4, 0.5) is 14.5 Å². The Bertz CT molecular complexity index is 2260. The molecule has 1 amide bonds. The van der Waals surface area contributed by atoms with Gasteiger partial charge in [0.05, 0.1) is 30.5 Å². The number of amides is 1. The maximum absolute atomic E-state index is 17.3. The first-order valence-electron chi connectivity index (χ1n) is 20.4. The van der Waals surface area contributed by atoms with E-state index in [9.17, 15) is 29.1 Å². The first-order valence-corrected chi connectivity index (χ1v) is 20.4. The molecule has 1 aromatic heterocycles. The number of fused-ring (bicyclic) bond motifs is 6. The summed E-state index contributed by atoms with van der Waals surface area (Å²) in [6, 6.07) is 14.8. The Morgan fingerprint density at radius 3 is 2.47 bits per heavy atom. The highest BCUT2D eigenvalue weighted by Gasteiger charge is 2.72. The van der Waals surface area contributed by atoms with Gasteiger partial charge in [-0.1, -0.05) is 43.3 Å². The number of anilines is 1. The van der Waals surface area contributed by atoms with E-state index in [0.717, 1.165) is 28.0 Å². The summed E-state index contributed by atoms with van der Waals surface area (Å²) in [4.78, 5) is 68.6. The summed E-state index contributed by atoms with van der Waals surface area (Å²) in [6.07, 6.45) is 5.41. The van der Waals surface area contributed by atoms with Gasteiger partial charge in [0.15, 0.2) is 17.2 Å². The van der Waals surface area contributed by atoms with E-state index in [2.05, 4.69) is 10.3 Å². The summed E-state index contributed by atoms with van der Waals surface area (Å²) >= 11 is 0. The van der Waals surface area contributed by atoms with Crippen LogP contribution in [0.5, 0.6) is 0 Å². The number of nitrogens with one attached hydrogen (secondary N) is 1. The van der Waals surface area contributed by atoms with Gasteiger partial charge in [-0.15, -0.1) is 0 Å². The standard InChI is InChI=1S/C46H49F2N3O8/c1-44-21-40(54)46(48)36(20-38(47)37-18-30(52)11-14-45(37,46)2)34(44)9-10-35(44)39(53)24-59-43(57)32-19-31(32)42(56)58-16-13-25-3-5-26(6-4-25)33(22-49)41(55)51-29-8-7-28-23-50-15-12-27(28)17-29/h3-8,11-12,14-15,17-18,23,31-36,38,40,54H,9-10,13,16,19-22,24,49H2,1-2H3,(H,51,55)/t31?,32?,33?,34?,35-,36+,38+,40+,44+,45+,46+/m1/s1. The van der Waals surface area contributed by atoms with Crippen molar-refractivity contribution in [1.29, 1.82) is 0 Å². The van der Waals surface area contributed by atoms with Gasteiger partial charge in [0.25, 0.3) is 0 Å². The Labute approximate surface area is 340 Å². The Morgan fingerprint density at radius 2 is 1.73 bits per heavy atom. The van der Waals surface area contributed by atoms with Crippen molar-refractivity contribution in [2.45, 2.75) is 76.2 Å². The molecule has 4 fully saturated rings. The van der Waals surface area contributed by atoms with Gasteiger partial charge in [-0.2, -0.15) is 0 Å². The second-order valence-corrected chi connectivity index (χ2v) is 17.5. The van der Waals surface area contributed by atoms with Crippen LogP contribution in [0.2, 0.25) is 0 Å². The number of rotatable bonds is 12. The van der Waals surface area contributed by atoms with E-state index in [1.807, 2.05) is 55.5 Å². The average Bonchev–Trinajstić information content (AvgIpc) is 3.95. The van der Waals surface area contributed by atoms with Crippen LogP contribution in [0.1, 0.15) is 63.0 Å². The fourth-order valence-corrected chi connectivity index (χ4v) is 10.9. The number of aromatic nitrogens is 1. The maximum Gasteiger partial charge on any atom is 0.310 e. The molecule has 8 rings (SSSR count). The van der Waals surface area contributed by atoms with Gasteiger partial charge in [0, 0.05) is 53.7 Å². The van der Waals surface area contributed by atoms with Crippen LogP contribution in [-0.2, 0) is 39.9 Å². The third-order valence-electron chi connectivity index (χ3n) is 14.2. The van der Waals surface area contributed by atoms with Gasteiger partial charge in [-0.3, -0.25) is 29.0 Å². The van der Waals surface area contributed by atoms with Crippen LogP contribution >= 0.6 is 0 Å². The predicted octanol–water partition coefficient (Wildman–Crippen LogP) is 5.68. The van der Waals surface area contributed by atoms with Crippen molar-refractivity contribution < 1.29 is 47.3 Å². The molecular formula is C46H49F2N3O8. The largest absolute Gasteiger partial charge is 0.465 e. The predicted molar refractivity (Wildman–Crippen MR) is 213 cm³/mol. The van der Waals surface area contributed by atoms with Gasteiger partial charge in [-0.25, -0.2) is 8.78 Å². The molecule has 59 heavy (non-hydrogen) atoms. The number of benzene rings is 2. The van der Waals surface area contributed by atoms with Gasteiger partial charge in [-0.05, 0) is 103 Å². The molecule has 0 bridgehead atoms. The molecule has 4 N–H and O–H groups in total. The molecule has 4 unspecified atom stereocenters. The minimum atomic E-state index is -2.22. The lowest BCUT2D eigenvalue weighted by Crippen LogP contribution is -2.68. The lowest BCUT2D eigenvalue weighted by molar-refractivity contribution is -0.202. The molecule has 0 saturated heterocycles. The van der Waals surface area contributed by atoms with Gasteiger partial charge >= 0.3 is 11.9 Å². The third-order valence-corrected chi connectivity index (χ3v) is 14.2. The van der Waals surface area contributed by atoms with Crippen LogP contribution < -0.4 is 11.1 Å². The maximum atomic E-state index is 17.3. The number of ketones is 2. The first kappa shape index (κ1) is 40.6. The molecule has 310 valence electrons. The lowest BCUT2D eigenvalue weighted by Gasteiger charge is -2.62. The highest BCUT2D eigenvalue weighted by Crippen LogP contribution is 2.69. The van der Waals surface area contributed by atoms with Crippen LogP contribution in [0.25, 0.3) is 10.8 Å². The van der Waals surface area contributed by atoms with Crippen molar-refractivity contribution in [1.82, 2.24) is 4.98 Å². The lowest BCUT2D eigenvalue weighted by atomic mass is 9.45. The Hall–Kier alpha value is -5.14. The van der Waals surface area contributed by atoms with E-state index >= 15 is 8.78 Å². The number of hydrogen-bond donors (Lipinski definition) is 3. The number of aliphatic hydroxyl groups excluding tert-OH is 1. The number of carbonyl (C=O) groups is 5. The normalized spacial score (nSPS) is 33.5. The smallest absolute Gasteiger partial charge is 0.310 e. The van der Waals surface area contributed by atoms with E-state index in [-0.39, 0.29) is 49.7 Å². The van der Waals surface area contributed by atoms with Crippen molar-refractivity contribution in [2.75, 3.05) is 25.1 Å². The SMILES string of the molecule is C[C@]12C[C@H](O)[C@@]3(F)[C@@H](C[C@H](F)C4=CC(=O)C=C[C@@]43C)C1CC[C@@H]2C(=O)COC(=O)C1CC1C(=O)OCCc1ccc(C(CN)C(=O)Nc2ccc3cnccc3c2)cc1. The molecule has 4 saturated carbocycles. The number of allylic oxidation sites excluding steroid dienone is 4. The zero-order valence-electron chi connectivity index (χ0n) is 33.1. The second-order valence-electron chi connectivity index (χ2n) is 17.5. The third kappa shape index (κ3) is 7.09. The van der Waals surface area contributed by atoms with E-state index < -0.39 is 88.6 Å². The first-order chi connectivity index (χ1) is 28.2. The average molecular weight is 810 g/mol. The Kier molecular flexibility index (Phi) is 10.7. The Morgan fingerprint density at radius 1 is 0.983 bits per heavy atom. The summed E-state index contributed by atoms with van der Waals surface area (Å²) in [5.74, 6) is -6.09. The van der Waals surface area contributed by atoms with Crippen LogP contribution in [0.15, 0.2) is 84.7 Å².